The second-order valence-corrected chi connectivity index (χ2v) is 7.48. The van der Waals surface area contributed by atoms with Crippen molar-refractivity contribution in [3.05, 3.63) is 59.2 Å². The molecule has 6 nitrogen and oxygen atoms in total. The number of aromatic nitrogens is 2. The molecule has 2 unspecified atom stereocenters. The highest BCUT2D eigenvalue weighted by atomic mass is 19.4. The fraction of sp³-hybridized carbons (Fsp3) is 0.286. The number of benzene rings is 2. The van der Waals surface area contributed by atoms with Gasteiger partial charge in [-0.1, -0.05) is 30.3 Å². The van der Waals surface area contributed by atoms with Crippen LogP contribution in [0.3, 0.4) is 0 Å². The van der Waals surface area contributed by atoms with Crippen LogP contribution in [-0.2, 0) is 15.3 Å². The van der Waals surface area contributed by atoms with E-state index in [1.807, 2.05) is 12.2 Å². The van der Waals surface area contributed by atoms with Crippen LogP contribution in [0.25, 0.3) is 11.0 Å². The summed E-state index contributed by atoms with van der Waals surface area (Å²) in [5.41, 5.74) is -0.759. The van der Waals surface area contributed by atoms with Crippen molar-refractivity contribution in [3.8, 4) is 0 Å². The maximum absolute atomic E-state index is 14.4. The number of alkyl halides is 3. The van der Waals surface area contributed by atoms with Crippen molar-refractivity contribution in [3.63, 3.8) is 0 Å². The largest absolute Gasteiger partial charge is 0.440 e. The summed E-state index contributed by atoms with van der Waals surface area (Å²) in [5.74, 6) is -3.48. The summed E-state index contributed by atoms with van der Waals surface area (Å²) in [6.07, 6.45) is -5.11. The average Bonchev–Trinajstić information content (AvgIpc) is 3.15. The average molecular weight is 416 g/mol. The number of nitrogens with zero attached hydrogens (tertiary/aromatic N) is 2. The molecule has 2 aromatic carbocycles. The molecule has 0 saturated heterocycles. The maximum atomic E-state index is 14.4. The zero-order chi connectivity index (χ0) is 21.8. The van der Waals surface area contributed by atoms with Gasteiger partial charge in [0.25, 0.3) is 11.6 Å². The van der Waals surface area contributed by atoms with Crippen molar-refractivity contribution < 1.29 is 22.8 Å². The minimum Gasteiger partial charge on any atom is -0.317 e. The van der Waals surface area contributed by atoms with Crippen molar-refractivity contribution >= 4 is 28.8 Å². The number of imidazole rings is 1. The number of rotatable bonds is 3. The molecule has 2 amide bonds. The van der Waals surface area contributed by atoms with Crippen LogP contribution in [0.15, 0.2) is 42.5 Å². The minimum atomic E-state index is -5.11. The lowest BCUT2D eigenvalue weighted by Crippen LogP contribution is -2.64. The van der Waals surface area contributed by atoms with Crippen molar-refractivity contribution in [2.45, 2.75) is 38.5 Å². The van der Waals surface area contributed by atoms with Crippen LogP contribution in [0.4, 0.5) is 19.1 Å². The van der Waals surface area contributed by atoms with Gasteiger partial charge in [-0.05, 0) is 49.6 Å². The lowest BCUT2D eigenvalue weighted by molar-refractivity contribution is -0.217. The maximum Gasteiger partial charge on any atom is 0.440 e. The second-order valence-electron chi connectivity index (χ2n) is 7.48. The third kappa shape index (κ3) is 2.76. The Labute approximate surface area is 170 Å². The highest BCUT2D eigenvalue weighted by molar-refractivity contribution is 6.05. The van der Waals surface area contributed by atoms with Gasteiger partial charge in [0.15, 0.2) is 0 Å². The molecule has 4 rings (SSSR count). The Morgan fingerprint density at radius 2 is 1.80 bits per heavy atom. The second kappa shape index (κ2) is 6.58. The summed E-state index contributed by atoms with van der Waals surface area (Å²) >= 11 is 0. The van der Waals surface area contributed by atoms with E-state index in [9.17, 15) is 22.8 Å². The van der Waals surface area contributed by atoms with Gasteiger partial charge in [-0.25, -0.2) is 4.98 Å². The van der Waals surface area contributed by atoms with Gasteiger partial charge in [0.05, 0.1) is 17.0 Å². The topological polar surface area (TPSA) is 76.0 Å². The van der Waals surface area contributed by atoms with Gasteiger partial charge in [-0.3, -0.25) is 19.5 Å². The Balaban J connectivity index is 1.87. The number of hydrogen-bond donors (Lipinski definition) is 2. The van der Waals surface area contributed by atoms with E-state index in [1.54, 1.807) is 43.3 Å². The summed E-state index contributed by atoms with van der Waals surface area (Å²) in [6.45, 7) is 5.06. The SMILES string of the molecule is Cc1cc2nc3n(c2cc1C)C(NC(=O)C(C)c1ccccc1)(C(F)(F)F)C(=O)N3. The molecule has 30 heavy (non-hydrogen) atoms. The van der Waals surface area contributed by atoms with Gasteiger partial charge >= 0.3 is 6.18 Å². The lowest BCUT2D eigenvalue weighted by Gasteiger charge is -2.33. The van der Waals surface area contributed by atoms with Crippen molar-refractivity contribution in [1.29, 1.82) is 0 Å². The first-order valence-corrected chi connectivity index (χ1v) is 9.31. The number of halogens is 3. The van der Waals surface area contributed by atoms with Crippen LogP contribution in [0, 0.1) is 13.8 Å². The standard InChI is InChI=1S/C21H19F3N4O2/c1-11-9-15-16(10-12(11)2)28-19(25-15)26-18(30)20(28,21(22,23)24)27-17(29)13(3)14-7-5-4-6-8-14/h4-10,13H,1-3H3,(H,27,29)(H,25,26,30). The highest BCUT2D eigenvalue weighted by Gasteiger charge is 2.67. The molecular formula is C21H19F3N4O2. The summed E-state index contributed by atoms with van der Waals surface area (Å²) in [7, 11) is 0. The fourth-order valence-corrected chi connectivity index (χ4v) is 3.67. The Kier molecular flexibility index (Phi) is 4.37. The van der Waals surface area contributed by atoms with E-state index in [4.69, 9.17) is 0 Å². The Hall–Kier alpha value is -3.36. The molecule has 2 heterocycles. The predicted octanol–water partition coefficient (Wildman–Crippen LogP) is 3.74. The quantitative estimate of drug-likeness (QED) is 0.683. The summed E-state index contributed by atoms with van der Waals surface area (Å²) in [5, 5.41) is 4.18. The number of aryl methyl sites for hydroxylation is 2. The van der Waals surface area contributed by atoms with Gasteiger partial charge in [0, 0.05) is 0 Å². The molecule has 2 atom stereocenters. The number of amides is 2. The number of carbonyl (C=O) groups excluding carboxylic acids is 2. The van der Waals surface area contributed by atoms with Crippen LogP contribution in [0.1, 0.15) is 29.5 Å². The van der Waals surface area contributed by atoms with Gasteiger partial charge < -0.3 is 5.32 Å². The number of fused-ring (bicyclic) bond motifs is 3. The molecule has 1 aliphatic rings. The smallest absolute Gasteiger partial charge is 0.317 e. The first-order valence-electron chi connectivity index (χ1n) is 9.31. The zero-order valence-electron chi connectivity index (χ0n) is 16.5. The highest BCUT2D eigenvalue weighted by Crippen LogP contribution is 2.44. The number of anilines is 1. The van der Waals surface area contributed by atoms with Crippen LogP contribution in [-0.4, -0.2) is 27.5 Å². The van der Waals surface area contributed by atoms with E-state index in [1.165, 1.54) is 13.0 Å². The molecule has 0 aliphatic carbocycles. The molecule has 9 heteroatoms. The predicted molar refractivity (Wildman–Crippen MR) is 105 cm³/mol. The molecule has 0 bridgehead atoms. The Bertz CT molecular complexity index is 1170. The van der Waals surface area contributed by atoms with Crippen LogP contribution in [0.5, 0.6) is 0 Å². The van der Waals surface area contributed by atoms with Gasteiger partial charge in [-0.15, -0.1) is 0 Å². The van der Waals surface area contributed by atoms with Gasteiger partial charge in [0.2, 0.25) is 11.9 Å². The van der Waals surface area contributed by atoms with E-state index >= 15 is 0 Å². The van der Waals surface area contributed by atoms with E-state index in [0.29, 0.717) is 11.1 Å². The fourth-order valence-electron chi connectivity index (χ4n) is 3.67. The molecule has 1 aliphatic heterocycles. The molecule has 2 N–H and O–H groups in total. The number of nitrogens with one attached hydrogen (secondary N) is 2. The summed E-state index contributed by atoms with van der Waals surface area (Å²) in [6, 6.07) is 11.6. The van der Waals surface area contributed by atoms with Crippen LogP contribution < -0.4 is 10.6 Å². The van der Waals surface area contributed by atoms with Gasteiger partial charge in [0.1, 0.15) is 0 Å². The van der Waals surface area contributed by atoms with E-state index in [2.05, 4.69) is 10.3 Å². The lowest BCUT2D eigenvalue weighted by atomic mass is 9.98. The molecule has 1 aromatic heterocycles. The summed E-state index contributed by atoms with van der Waals surface area (Å²) < 4.78 is 44.0. The third-order valence-corrected chi connectivity index (χ3v) is 5.57. The number of hydrogen-bond acceptors (Lipinski definition) is 3. The number of carbonyl (C=O) groups is 2. The monoisotopic (exact) mass is 416 g/mol. The molecule has 156 valence electrons. The molecule has 3 aromatic rings. The summed E-state index contributed by atoms with van der Waals surface area (Å²) in [4.78, 5) is 29.6. The molecule has 0 fully saturated rings. The molecular weight excluding hydrogens is 397 g/mol. The van der Waals surface area contributed by atoms with Gasteiger partial charge in [-0.2, -0.15) is 13.2 Å². The van der Waals surface area contributed by atoms with Crippen molar-refractivity contribution in [2.24, 2.45) is 0 Å². The Morgan fingerprint density at radius 1 is 1.17 bits per heavy atom. The van der Waals surface area contributed by atoms with Crippen molar-refractivity contribution in [1.82, 2.24) is 14.9 Å². The van der Waals surface area contributed by atoms with Crippen molar-refractivity contribution in [2.75, 3.05) is 5.32 Å². The molecule has 0 spiro atoms. The normalized spacial score (nSPS) is 19.5. The first-order chi connectivity index (χ1) is 14.1. The zero-order valence-corrected chi connectivity index (χ0v) is 16.5. The molecule has 0 radical (unpaired) electrons. The van der Waals surface area contributed by atoms with Crippen LogP contribution in [0.2, 0.25) is 0 Å². The Morgan fingerprint density at radius 3 is 2.43 bits per heavy atom. The third-order valence-electron chi connectivity index (χ3n) is 5.57. The molecule has 0 saturated carbocycles. The van der Waals surface area contributed by atoms with E-state index in [0.717, 1.165) is 15.7 Å². The first kappa shape index (κ1) is 19.9. The van der Waals surface area contributed by atoms with E-state index < -0.39 is 29.6 Å². The van der Waals surface area contributed by atoms with E-state index in [-0.39, 0.29) is 11.5 Å². The minimum absolute atomic E-state index is 0.108. The van der Waals surface area contributed by atoms with Crippen LogP contribution >= 0.6 is 0 Å².